The first-order valence-electron chi connectivity index (χ1n) is 5.19. The normalized spacial score (nSPS) is 26.7. The molecule has 15 heavy (non-hydrogen) atoms. The Balaban J connectivity index is 2.40. The van der Waals surface area contributed by atoms with Crippen molar-refractivity contribution in [1.82, 2.24) is 10.6 Å². The summed E-state index contributed by atoms with van der Waals surface area (Å²) in [6, 6.07) is 0.0757. The molecule has 1 rings (SSSR count). The third kappa shape index (κ3) is 3.77. The molecule has 0 aliphatic carbocycles. The first-order valence-corrected chi connectivity index (χ1v) is 5.19. The van der Waals surface area contributed by atoms with Gasteiger partial charge in [0.25, 0.3) is 0 Å². The maximum atomic E-state index is 11.7. The zero-order valence-electron chi connectivity index (χ0n) is 9.54. The van der Waals surface area contributed by atoms with Gasteiger partial charge in [-0.3, -0.25) is 4.79 Å². The molecule has 0 aromatic carbocycles. The van der Waals surface area contributed by atoms with E-state index in [1.807, 2.05) is 7.05 Å². The number of amides is 1. The van der Waals surface area contributed by atoms with Gasteiger partial charge in [-0.25, -0.2) is 0 Å². The Hall–Kier alpha value is -0.650. The van der Waals surface area contributed by atoms with Crippen LogP contribution in [-0.4, -0.2) is 49.5 Å². The van der Waals surface area contributed by atoms with E-state index in [1.54, 1.807) is 13.8 Å². The highest BCUT2D eigenvalue weighted by molar-refractivity contribution is 5.79. The van der Waals surface area contributed by atoms with Gasteiger partial charge < -0.3 is 20.5 Å². The van der Waals surface area contributed by atoms with Crippen LogP contribution in [0.5, 0.6) is 0 Å². The van der Waals surface area contributed by atoms with Gasteiger partial charge in [0.2, 0.25) is 5.91 Å². The van der Waals surface area contributed by atoms with Crippen molar-refractivity contribution < 1.29 is 14.6 Å². The lowest BCUT2D eigenvalue weighted by atomic mass is 10.0. The summed E-state index contributed by atoms with van der Waals surface area (Å²) in [5, 5.41) is 15.2. The van der Waals surface area contributed by atoms with Gasteiger partial charge in [-0.15, -0.1) is 0 Å². The van der Waals surface area contributed by atoms with Crippen LogP contribution < -0.4 is 10.6 Å². The molecule has 1 amide bonds. The second kappa shape index (κ2) is 4.92. The molecule has 5 nitrogen and oxygen atoms in total. The molecule has 1 aliphatic rings. The first kappa shape index (κ1) is 12.4. The summed E-state index contributed by atoms with van der Waals surface area (Å²) in [5.74, 6) is -0.216. The van der Waals surface area contributed by atoms with E-state index < -0.39 is 5.60 Å². The average molecular weight is 216 g/mol. The van der Waals surface area contributed by atoms with E-state index >= 15 is 0 Å². The first-order chi connectivity index (χ1) is 6.94. The molecule has 0 aromatic heterocycles. The maximum absolute atomic E-state index is 11.7. The van der Waals surface area contributed by atoms with Gasteiger partial charge >= 0.3 is 0 Å². The van der Waals surface area contributed by atoms with Crippen LogP contribution in [0.25, 0.3) is 0 Å². The number of nitrogens with one attached hydrogen (secondary N) is 2. The highest BCUT2D eigenvalue weighted by atomic mass is 16.5. The Morgan fingerprint density at radius 2 is 2.20 bits per heavy atom. The van der Waals surface area contributed by atoms with Gasteiger partial charge in [0.15, 0.2) is 0 Å². The third-order valence-corrected chi connectivity index (χ3v) is 2.48. The van der Waals surface area contributed by atoms with Crippen molar-refractivity contribution in [2.45, 2.75) is 25.5 Å². The summed E-state index contributed by atoms with van der Waals surface area (Å²) >= 11 is 0. The van der Waals surface area contributed by atoms with Gasteiger partial charge in [0.05, 0.1) is 24.7 Å². The Kier molecular flexibility index (Phi) is 4.07. The quantitative estimate of drug-likeness (QED) is 0.570. The zero-order valence-corrected chi connectivity index (χ0v) is 9.54. The molecule has 0 bridgehead atoms. The zero-order chi connectivity index (χ0) is 11.5. The van der Waals surface area contributed by atoms with Crippen molar-refractivity contribution >= 4 is 5.91 Å². The molecular weight excluding hydrogens is 196 g/mol. The fourth-order valence-corrected chi connectivity index (χ4v) is 1.53. The summed E-state index contributed by atoms with van der Waals surface area (Å²) in [7, 11) is 1.82. The standard InChI is InChI=1S/C10H20N2O3/c1-10(2,14)6-12-9(13)7-4-15-5-8(7)11-3/h7-8,11,14H,4-6H2,1-3H3,(H,12,13). The van der Waals surface area contributed by atoms with Crippen molar-refractivity contribution in [2.75, 3.05) is 26.8 Å². The fraction of sp³-hybridized carbons (Fsp3) is 0.900. The minimum Gasteiger partial charge on any atom is -0.389 e. The molecule has 1 saturated heterocycles. The number of likely N-dealkylation sites (N-methyl/N-ethyl adjacent to an activating group) is 1. The smallest absolute Gasteiger partial charge is 0.227 e. The molecule has 5 heteroatoms. The SMILES string of the molecule is CNC1COCC1C(=O)NCC(C)(C)O. The van der Waals surface area contributed by atoms with Gasteiger partial charge in [-0.1, -0.05) is 0 Å². The van der Waals surface area contributed by atoms with E-state index in [2.05, 4.69) is 10.6 Å². The summed E-state index contributed by atoms with van der Waals surface area (Å²) in [5.41, 5.74) is -0.871. The van der Waals surface area contributed by atoms with Gasteiger partial charge in [0, 0.05) is 12.6 Å². The van der Waals surface area contributed by atoms with Gasteiger partial charge in [0.1, 0.15) is 0 Å². The lowest BCUT2D eigenvalue weighted by molar-refractivity contribution is -0.126. The number of hydrogen-bond donors (Lipinski definition) is 3. The fourth-order valence-electron chi connectivity index (χ4n) is 1.53. The Labute approximate surface area is 90.2 Å². The predicted molar refractivity (Wildman–Crippen MR) is 56.5 cm³/mol. The van der Waals surface area contributed by atoms with E-state index in [0.717, 1.165) is 0 Å². The highest BCUT2D eigenvalue weighted by Crippen LogP contribution is 2.13. The number of ether oxygens (including phenoxy) is 1. The van der Waals surface area contributed by atoms with Gasteiger partial charge in [-0.05, 0) is 20.9 Å². The van der Waals surface area contributed by atoms with Crippen molar-refractivity contribution in [1.29, 1.82) is 0 Å². The van der Waals surface area contributed by atoms with Crippen LogP contribution in [0.3, 0.4) is 0 Å². The molecule has 2 atom stereocenters. The minimum absolute atomic E-state index is 0.0611. The minimum atomic E-state index is -0.871. The second-order valence-electron chi connectivity index (χ2n) is 4.57. The molecule has 0 saturated carbocycles. The molecule has 1 heterocycles. The topological polar surface area (TPSA) is 70.6 Å². The molecule has 1 aliphatic heterocycles. The van der Waals surface area contributed by atoms with Crippen molar-refractivity contribution in [3.05, 3.63) is 0 Å². The summed E-state index contributed by atoms with van der Waals surface area (Å²) < 4.78 is 5.23. The van der Waals surface area contributed by atoms with E-state index in [-0.39, 0.29) is 24.4 Å². The van der Waals surface area contributed by atoms with E-state index in [1.165, 1.54) is 0 Å². The molecule has 0 radical (unpaired) electrons. The van der Waals surface area contributed by atoms with Crippen LogP contribution in [0.15, 0.2) is 0 Å². The largest absolute Gasteiger partial charge is 0.389 e. The number of aliphatic hydroxyl groups is 1. The summed E-state index contributed by atoms with van der Waals surface area (Å²) in [4.78, 5) is 11.7. The van der Waals surface area contributed by atoms with Crippen molar-refractivity contribution in [3.63, 3.8) is 0 Å². The number of carbonyl (C=O) groups is 1. The lowest BCUT2D eigenvalue weighted by Crippen LogP contribution is -2.46. The summed E-state index contributed by atoms with van der Waals surface area (Å²) in [6.45, 7) is 4.60. The molecule has 1 fully saturated rings. The highest BCUT2D eigenvalue weighted by Gasteiger charge is 2.33. The molecule has 2 unspecified atom stereocenters. The second-order valence-corrected chi connectivity index (χ2v) is 4.57. The van der Waals surface area contributed by atoms with Crippen LogP contribution >= 0.6 is 0 Å². The Morgan fingerprint density at radius 3 is 2.73 bits per heavy atom. The number of carbonyl (C=O) groups excluding carboxylic acids is 1. The molecular formula is C10H20N2O3. The van der Waals surface area contributed by atoms with Crippen LogP contribution in [0.2, 0.25) is 0 Å². The maximum Gasteiger partial charge on any atom is 0.227 e. The number of hydrogen-bond acceptors (Lipinski definition) is 4. The van der Waals surface area contributed by atoms with E-state index in [4.69, 9.17) is 4.74 Å². The summed E-state index contributed by atoms with van der Waals surface area (Å²) in [6.07, 6.45) is 0. The van der Waals surface area contributed by atoms with E-state index in [0.29, 0.717) is 13.2 Å². The van der Waals surface area contributed by atoms with Crippen LogP contribution in [0.1, 0.15) is 13.8 Å². The van der Waals surface area contributed by atoms with Crippen molar-refractivity contribution in [2.24, 2.45) is 5.92 Å². The monoisotopic (exact) mass is 216 g/mol. The lowest BCUT2D eigenvalue weighted by Gasteiger charge is -2.21. The molecule has 88 valence electrons. The van der Waals surface area contributed by atoms with Crippen LogP contribution in [-0.2, 0) is 9.53 Å². The van der Waals surface area contributed by atoms with Crippen LogP contribution in [0, 0.1) is 5.92 Å². The molecule has 0 aromatic rings. The third-order valence-electron chi connectivity index (χ3n) is 2.48. The Bertz CT molecular complexity index is 225. The van der Waals surface area contributed by atoms with E-state index in [9.17, 15) is 9.90 Å². The predicted octanol–water partition coefficient (Wildman–Crippen LogP) is -0.892. The average Bonchev–Trinajstić information content (AvgIpc) is 2.60. The molecule has 3 N–H and O–H groups in total. The molecule has 0 spiro atoms. The van der Waals surface area contributed by atoms with Crippen LogP contribution in [0.4, 0.5) is 0 Å². The van der Waals surface area contributed by atoms with Crippen molar-refractivity contribution in [3.8, 4) is 0 Å². The van der Waals surface area contributed by atoms with Gasteiger partial charge in [-0.2, -0.15) is 0 Å². The Morgan fingerprint density at radius 1 is 1.53 bits per heavy atom. The number of rotatable bonds is 4.